The molecule has 1 aromatic carbocycles. The number of rotatable bonds is 3. The zero-order valence-electron chi connectivity index (χ0n) is 10.6. The fraction of sp³-hybridized carbons (Fsp3) is 0.538. The first-order chi connectivity index (χ1) is 7.26. The van der Waals surface area contributed by atoms with E-state index in [1.165, 1.54) is 0 Å². The summed E-state index contributed by atoms with van der Waals surface area (Å²) < 4.78 is 5.39. The summed E-state index contributed by atoms with van der Waals surface area (Å²) in [5.41, 5.74) is 8.99. The van der Waals surface area contributed by atoms with E-state index < -0.39 is 0 Å². The monoisotopic (exact) mass is 241 g/mol. The van der Waals surface area contributed by atoms with E-state index in [0.717, 1.165) is 33.9 Å². The van der Waals surface area contributed by atoms with Crippen LogP contribution >= 0.6 is 11.6 Å². The molecule has 0 amide bonds. The Morgan fingerprint density at radius 1 is 1.38 bits per heavy atom. The van der Waals surface area contributed by atoms with Gasteiger partial charge >= 0.3 is 0 Å². The molecule has 0 aliphatic heterocycles. The number of nitrogens with two attached hydrogens (primary N) is 1. The van der Waals surface area contributed by atoms with Gasteiger partial charge in [-0.05, 0) is 56.9 Å². The Kier molecular flexibility index (Phi) is 3.87. The van der Waals surface area contributed by atoms with Gasteiger partial charge in [0.1, 0.15) is 5.75 Å². The van der Waals surface area contributed by atoms with E-state index in [-0.39, 0.29) is 5.54 Å². The minimum absolute atomic E-state index is 0.269. The summed E-state index contributed by atoms with van der Waals surface area (Å²) in [4.78, 5) is 0. The molecule has 0 radical (unpaired) electrons. The first-order valence-electron chi connectivity index (χ1n) is 5.37. The number of ether oxygens (including phenoxy) is 1. The molecule has 0 unspecified atom stereocenters. The molecule has 0 saturated heterocycles. The Morgan fingerprint density at radius 2 is 1.94 bits per heavy atom. The smallest absolute Gasteiger partial charge is 0.125 e. The van der Waals surface area contributed by atoms with Crippen molar-refractivity contribution in [3.63, 3.8) is 0 Å². The van der Waals surface area contributed by atoms with E-state index in [1.807, 2.05) is 33.8 Å². The molecule has 0 spiro atoms. The van der Waals surface area contributed by atoms with Crippen LogP contribution in [0.3, 0.4) is 0 Å². The lowest BCUT2D eigenvalue weighted by Crippen LogP contribution is -2.34. The van der Waals surface area contributed by atoms with Gasteiger partial charge in [-0.25, -0.2) is 0 Å². The average Bonchev–Trinajstić information content (AvgIpc) is 2.11. The fourth-order valence-corrected chi connectivity index (χ4v) is 2.31. The van der Waals surface area contributed by atoms with Gasteiger partial charge in [0.25, 0.3) is 0 Å². The minimum Gasteiger partial charge on any atom is -0.496 e. The van der Waals surface area contributed by atoms with Gasteiger partial charge in [-0.3, -0.25) is 0 Å². The van der Waals surface area contributed by atoms with Crippen molar-refractivity contribution in [3.8, 4) is 5.75 Å². The molecule has 90 valence electrons. The van der Waals surface area contributed by atoms with Crippen LogP contribution in [0.15, 0.2) is 6.07 Å². The van der Waals surface area contributed by atoms with Gasteiger partial charge in [-0.2, -0.15) is 0 Å². The molecule has 0 aliphatic carbocycles. The second kappa shape index (κ2) is 4.64. The zero-order valence-corrected chi connectivity index (χ0v) is 11.4. The van der Waals surface area contributed by atoms with Gasteiger partial charge in [-0.15, -0.1) is 0 Å². The maximum atomic E-state index is 6.26. The largest absolute Gasteiger partial charge is 0.496 e. The van der Waals surface area contributed by atoms with E-state index in [4.69, 9.17) is 22.1 Å². The molecule has 1 rings (SSSR count). The number of hydrogen-bond donors (Lipinski definition) is 1. The number of methoxy groups -OCH3 is 1. The topological polar surface area (TPSA) is 35.2 Å². The van der Waals surface area contributed by atoms with Crippen molar-refractivity contribution in [1.82, 2.24) is 0 Å². The normalized spacial score (nSPS) is 11.7. The summed E-state index contributed by atoms with van der Waals surface area (Å²) in [6.07, 6.45) is 0.744. The number of hydrogen-bond acceptors (Lipinski definition) is 2. The van der Waals surface area contributed by atoms with Crippen LogP contribution in [-0.4, -0.2) is 12.6 Å². The Morgan fingerprint density at radius 3 is 2.38 bits per heavy atom. The van der Waals surface area contributed by atoms with Crippen molar-refractivity contribution < 1.29 is 4.74 Å². The van der Waals surface area contributed by atoms with Crippen LogP contribution in [0.4, 0.5) is 0 Å². The summed E-state index contributed by atoms with van der Waals surface area (Å²) in [5, 5.41) is 0.773. The third-order valence-corrected chi connectivity index (χ3v) is 2.96. The van der Waals surface area contributed by atoms with Crippen molar-refractivity contribution >= 4 is 11.6 Å². The lowest BCUT2D eigenvalue weighted by atomic mass is 9.92. The summed E-state index contributed by atoms with van der Waals surface area (Å²) in [6, 6.07) is 1.94. The van der Waals surface area contributed by atoms with Crippen LogP contribution in [0.2, 0.25) is 5.02 Å². The second-order valence-corrected chi connectivity index (χ2v) is 5.38. The van der Waals surface area contributed by atoms with Gasteiger partial charge in [0.2, 0.25) is 0 Å². The molecule has 0 fully saturated rings. The molecule has 0 bridgehead atoms. The molecule has 1 aromatic rings. The first kappa shape index (κ1) is 13.3. The molecule has 16 heavy (non-hydrogen) atoms. The van der Waals surface area contributed by atoms with E-state index >= 15 is 0 Å². The van der Waals surface area contributed by atoms with E-state index in [9.17, 15) is 0 Å². The lowest BCUT2D eigenvalue weighted by molar-refractivity contribution is 0.407. The summed E-state index contributed by atoms with van der Waals surface area (Å²) >= 11 is 6.26. The second-order valence-electron chi connectivity index (χ2n) is 4.98. The maximum Gasteiger partial charge on any atom is 0.125 e. The molecule has 0 aliphatic rings. The van der Waals surface area contributed by atoms with Gasteiger partial charge < -0.3 is 10.5 Å². The van der Waals surface area contributed by atoms with Crippen LogP contribution in [0.5, 0.6) is 5.75 Å². The van der Waals surface area contributed by atoms with E-state index in [2.05, 4.69) is 0 Å². The van der Waals surface area contributed by atoms with Gasteiger partial charge in [0.15, 0.2) is 0 Å². The van der Waals surface area contributed by atoms with Crippen LogP contribution < -0.4 is 10.5 Å². The number of aryl methyl sites for hydroxylation is 1. The molecular formula is C13H20ClNO. The van der Waals surface area contributed by atoms with Crippen LogP contribution in [0.1, 0.15) is 30.5 Å². The highest BCUT2D eigenvalue weighted by molar-refractivity contribution is 6.31. The zero-order chi connectivity index (χ0) is 12.5. The summed E-state index contributed by atoms with van der Waals surface area (Å²) in [6.45, 7) is 8.01. The van der Waals surface area contributed by atoms with Crippen LogP contribution in [-0.2, 0) is 6.42 Å². The quantitative estimate of drug-likeness (QED) is 0.882. The first-order valence-corrected chi connectivity index (χ1v) is 5.75. The van der Waals surface area contributed by atoms with Crippen LogP contribution in [0.25, 0.3) is 0 Å². The predicted octanol–water partition coefficient (Wildman–Crippen LogP) is 3.25. The van der Waals surface area contributed by atoms with Crippen molar-refractivity contribution in [1.29, 1.82) is 0 Å². The predicted molar refractivity (Wildman–Crippen MR) is 69.4 cm³/mol. The maximum absolute atomic E-state index is 6.26. The highest BCUT2D eigenvalue weighted by atomic mass is 35.5. The number of halogens is 1. The molecule has 0 heterocycles. The third kappa shape index (κ3) is 2.89. The molecule has 2 N–H and O–H groups in total. The van der Waals surface area contributed by atoms with Gasteiger partial charge in [0.05, 0.1) is 7.11 Å². The van der Waals surface area contributed by atoms with Crippen molar-refractivity contribution in [3.05, 3.63) is 27.8 Å². The summed E-state index contributed by atoms with van der Waals surface area (Å²) in [5.74, 6) is 0.906. The molecule has 3 heteroatoms. The molecule has 0 aromatic heterocycles. The molecule has 0 atom stereocenters. The van der Waals surface area contributed by atoms with Crippen molar-refractivity contribution in [2.75, 3.05) is 7.11 Å². The summed E-state index contributed by atoms with van der Waals surface area (Å²) in [7, 11) is 1.68. The van der Waals surface area contributed by atoms with Gasteiger partial charge in [0, 0.05) is 10.6 Å². The van der Waals surface area contributed by atoms with Crippen LogP contribution in [0, 0.1) is 13.8 Å². The van der Waals surface area contributed by atoms with Crippen molar-refractivity contribution in [2.24, 2.45) is 5.73 Å². The van der Waals surface area contributed by atoms with E-state index in [1.54, 1.807) is 7.11 Å². The Hall–Kier alpha value is -0.730. The standard InChI is InChI=1S/C13H20ClNO/c1-8-6-11(14)10(7-13(3,4)15)9(2)12(8)16-5/h6H,7,15H2,1-5H3. The average molecular weight is 242 g/mol. The van der Waals surface area contributed by atoms with E-state index in [0.29, 0.717) is 0 Å². The molecular weight excluding hydrogens is 222 g/mol. The molecule has 2 nitrogen and oxygen atoms in total. The van der Waals surface area contributed by atoms with Gasteiger partial charge in [-0.1, -0.05) is 11.6 Å². The Bertz CT molecular complexity index is 394. The Balaban J connectivity index is 3.28. The minimum atomic E-state index is -0.269. The lowest BCUT2D eigenvalue weighted by Gasteiger charge is -2.22. The Labute approximate surface area is 103 Å². The molecule has 0 saturated carbocycles. The highest BCUT2D eigenvalue weighted by Gasteiger charge is 2.19. The SMILES string of the molecule is COc1c(C)cc(Cl)c(CC(C)(C)N)c1C. The fourth-order valence-electron chi connectivity index (χ4n) is 1.94. The number of benzene rings is 1. The third-order valence-electron chi connectivity index (χ3n) is 2.62. The highest BCUT2D eigenvalue weighted by Crippen LogP contribution is 2.33. The van der Waals surface area contributed by atoms with Crippen molar-refractivity contribution in [2.45, 2.75) is 39.7 Å².